The number of hydrogen-bond acceptors (Lipinski definition) is 3. The van der Waals surface area contributed by atoms with E-state index in [1.54, 1.807) is 12.3 Å². The van der Waals surface area contributed by atoms with Crippen molar-refractivity contribution in [3.63, 3.8) is 0 Å². The Bertz CT molecular complexity index is 619. The molecule has 0 atom stereocenters. The summed E-state index contributed by atoms with van der Waals surface area (Å²) < 4.78 is 12.9. The van der Waals surface area contributed by atoms with Crippen LogP contribution in [0.25, 0.3) is 11.0 Å². The first-order valence-electron chi connectivity index (χ1n) is 5.62. The monoisotopic (exact) mass is 263 g/mol. The number of hydrogen-bond donors (Lipinski definition) is 6. The summed E-state index contributed by atoms with van der Waals surface area (Å²) in [6.07, 6.45) is 2.40. The van der Waals surface area contributed by atoms with Gasteiger partial charge in [-0.1, -0.05) is 0 Å². The van der Waals surface area contributed by atoms with Gasteiger partial charge in [-0.3, -0.25) is 16.1 Å². The van der Waals surface area contributed by atoms with Gasteiger partial charge in [0.25, 0.3) is 0 Å². The highest BCUT2D eigenvalue weighted by Crippen LogP contribution is 2.16. The minimum Gasteiger partial charge on any atom is -0.370 e. The van der Waals surface area contributed by atoms with Gasteiger partial charge in [0.2, 0.25) is 5.95 Å². The van der Waals surface area contributed by atoms with Gasteiger partial charge in [-0.2, -0.15) is 4.39 Å². The number of nitrogens with zero attached hydrogens (tertiary/aromatic N) is 1. The highest BCUT2D eigenvalue weighted by Gasteiger charge is 2.06. The summed E-state index contributed by atoms with van der Waals surface area (Å²) in [6.45, 7) is 0.490. The van der Waals surface area contributed by atoms with E-state index in [4.69, 9.17) is 16.6 Å². The van der Waals surface area contributed by atoms with Crippen molar-refractivity contribution in [1.29, 1.82) is 10.8 Å². The number of guanidine groups is 2. The molecule has 0 saturated heterocycles. The van der Waals surface area contributed by atoms with E-state index in [0.717, 1.165) is 10.9 Å². The lowest BCUT2D eigenvalue weighted by Gasteiger charge is -2.08. The molecule has 8 heteroatoms. The molecule has 0 fully saturated rings. The third-order valence-corrected chi connectivity index (χ3v) is 2.55. The van der Waals surface area contributed by atoms with Gasteiger partial charge in [0, 0.05) is 18.1 Å². The lowest BCUT2D eigenvalue weighted by atomic mass is 10.1. The van der Waals surface area contributed by atoms with Crippen LogP contribution < -0.4 is 16.4 Å². The second-order valence-corrected chi connectivity index (χ2v) is 3.93. The Hall–Kier alpha value is -2.64. The average Bonchev–Trinajstić information content (AvgIpc) is 2.70. The molecule has 0 aliphatic heterocycles. The molecule has 0 aliphatic carbocycles. The molecule has 0 aromatic carbocycles. The highest BCUT2D eigenvalue weighted by molar-refractivity contribution is 5.94. The van der Waals surface area contributed by atoms with Crippen LogP contribution in [0.4, 0.5) is 4.39 Å². The maximum absolute atomic E-state index is 12.9. The molecule has 0 amide bonds. The van der Waals surface area contributed by atoms with Crippen molar-refractivity contribution in [3.8, 4) is 0 Å². The molecule has 2 aromatic rings. The van der Waals surface area contributed by atoms with Crippen LogP contribution in [-0.4, -0.2) is 28.4 Å². The molecule has 0 spiro atoms. The average molecular weight is 263 g/mol. The summed E-state index contributed by atoms with van der Waals surface area (Å²) in [7, 11) is 0. The lowest BCUT2D eigenvalue weighted by molar-refractivity contribution is 0.588. The van der Waals surface area contributed by atoms with Crippen LogP contribution in [0, 0.1) is 16.8 Å². The number of nitrogens with one attached hydrogen (secondary N) is 5. The molecule has 7 N–H and O–H groups in total. The Morgan fingerprint density at radius 3 is 2.95 bits per heavy atom. The van der Waals surface area contributed by atoms with Gasteiger partial charge in [0.15, 0.2) is 11.9 Å². The number of aromatic nitrogens is 2. The summed E-state index contributed by atoms with van der Waals surface area (Å²) in [5.74, 6) is -0.841. The standard InChI is InChI=1S/C11H14FN7/c12-8-2-1-7-6(5-17-9(7)18-8)3-4-16-11(15)19-10(13)14/h1-2,5H,3-4H2,(H,17,18)(H6,13,14,15,16,19). The molecule has 0 bridgehead atoms. The van der Waals surface area contributed by atoms with E-state index in [0.29, 0.717) is 18.6 Å². The number of pyridine rings is 1. The van der Waals surface area contributed by atoms with Crippen LogP contribution in [0.5, 0.6) is 0 Å². The Morgan fingerprint density at radius 2 is 2.21 bits per heavy atom. The SMILES string of the molecule is N=C(N)NC(=N)NCCc1c[nH]c2nc(F)ccc12. The maximum Gasteiger partial charge on any atom is 0.214 e. The zero-order chi connectivity index (χ0) is 13.8. The molecule has 7 nitrogen and oxygen atoms in total. The first kappa shape index (κ1) is 12.8. The van der Waals surface area contributed by atoms with E-state index in [-0.39, 0.29) is 11.9 Å². The van der Waals surface area contributed by atoms with Crippen LogP contribution in [-0.2, 0) is 6.42 Å². The van der Waals surface area contributed by atoms with E-state index < -0.39 is 5.95 Å². The minimum absolute atomic E-state index is 0.0310. The van der Waals surface area contributed by atoms with E-state index in [1.165, 1.54) is 6.07 Å². The van der Waals surface area contributed by atoms with Crippen molar-refractivity contribution in [2.45, 2.75) is 6.42 Å². The van der Waals surface area contributed by atoms with Crippen molar-refractivity contribution < 1.29 is 4.39 Å². The summed E-state index contributed by atoms with van der Waals surface area (Å²) >= 11 is 0. The quantitative estimate of drug-likeness (QED) is 0.269. The van der Waals surface area contributed by atoms with E-state index in [9.17, 15) is 4.39 Å². The predicted molar refractivity (Wildman–Crippen MR) is 70.5 cm³/mol. The van der Waals surface area contributed by atoms with Gasteiger partial charge in [-0.15, -0.1) is 0 Å². The van der Waals surface area contributed by atoms with Gasteiger partial charge in [-0.05, 0) is 24.1 Å². The van der Waals surface area contributed by atoms with Crippen molar-refractivity contribution in [2.75, 3.05) is 6.54 Å². The summed E-state index contributed by atoms with van der Waals surface area (Å²) in [5.41, 5.74) is 6.57. The zero-order valence-corrected chi connectivity index (χ0v) is 10.0. The van der Waals surface area contributed by atoms with E-state index in [2.05, 4.69) is 20.6 Å². The molecule has 0 aliphatic rings. The van der Waals surface area contributed by atoms with Gasteiger partial charge >= 0.3 is 0 Å². The molecule has 0 radical (unpaired) electrons. The third kappa shape index (κ3) is 3.18. The van der Waals surface area contributed by atoms with Gasteiger partial charge < -0.3 is 16.0 Å². The molecular formula is C11H14FN7. The Morgan fingerprint density at radius 1 is 1.42 bits per heavy atom. The highest BCUT2D eigenvalue weighted by atomic mass is 19.1. The first-order valence-corrected chi connectivity index (χ1v) is 5.62. The van der Waals surface area contributed by atoms with E-state index in [1.807, 2.05) is 0 Å². The number of halogens is 1. The fraction of sp³-hybridized carbons (Fsp3) is 0.182. The number of nitrogens with two attached hydrogens (primary N) is 1. The molecule has 0 saturated carbocycles. The summed E-state index contributed by atoms with van der Waals surface area (Å²) in [5, 5.41) is 20.3. The number of fused-ring (bicyclic) bond motifs is 1. The normalized spacial score (nSPS) is 10.4. The lowest BCUT2D eigenvalue weighted by Crippen LogP contribution is -2.43. The Balaban J connectivity index is 1.95. The molecule has 2 aromatic heterocycles. The van der Waals surface area contributed by atoms with Gasteiger partial charge in [-0.25, -0.2) is 4.98 Å². The van der Waals surface area contributed by atoms with Crippen molar-refractivity contribution >= 4 is 23.0 Å². The maximum atomic E-state index is 12.9. The third-order valence-electron chi connectivity index (χ3n) is 2.55. The summed E-state index contributed by atoms with van der Waals surface area (Å²) in [4.78, 5) is 6.63. The molecular weight excluding hydrogens is 249 g/mol. The second kappa shape index (κ2) is 5.34. The number of H-pyrrole nitrogens is 1. The predicted octanol–water partition coefficient (Wildman–Crippen LogP) is 0.252. The van der Waals surface area contributed by atoms with Gasteiger partial charge in [0.05, 0.1) is 0 Å². The molecule has 19 heavy (non-hydrogen) atoms. The number of aromatic amines is 1. The fourth-order valence-corrected chi connectivity index (χ4v) is 1.75. The van der Waals surface area contributed by atoms with Crippen molar-refractivity contribution in [2.24, 2.45) is 5.73 Å². The second-order valence-electron chi connectivity index (χ2n) is 3.93. The van der Waals surface area contributed by atoms with Crippen LogP contribution in [0.15, 0.2) is 18.3 Å². The van der Waals surface area contributed by atoms with Crippen molar-refractivity contribution in [1.82, 2.24) is 20.6 Å². The van der Waals surface area contributed by atoms with E-state index >= 15 is 0 Å². The van der Waals surface area contributed by atoms with Crippen LogP contribution in [0.1, 0.15) is 5.56 Å². The minimum atomic E-state index is -0.522. The van der Waals surface area contributed by atoms with Gasteiger partial charge in [0.1, 0.15) is 5.65 Å². The molecule has 2 rings (SSSR count). The van der Waals surface area contributed by atoms with Crippen LogP contribution >= 0.6 is 0 Å². The Labute approximate surface area is 108 Å². The van der Waals surface area contributed by atoms with Crippen LogP contribution in [0.3, 0.4) is 0 Å². The smallest absolute Gasteiger partial charge is 0.214 e. The molecule has 2 heterocycles. The molecule has 100 valence electrons. The van der Waals surface area contributed by atoms with Crippen molar-refractivity contribution in [3.05, 3.63) is 29.8 Å². The van der Waals surface area contributed by atoms with Crippen LogP contribution in [0.2, 0.25) is 0 Å². The summed E-state index contributed by atoms with van der Waals surface area (Å²) in [6, 6.07) is 2.98. The Kier molecular flexibility index (Phi) is 3.60. The first-order chi connectivity index (χ1) is 9.06. The fourth-order valence-electron chi connectivity index (χ4n) is 1.75. The zero-order valence-electron chi connectivity index (χ0n) is 10.0. The topological polar surface area (TPSA) is 126 Å². The largest absolute Gasteiger partial charge is 0.370 e. The number of rotatable bonds is 3. The molecule has 0 unspecified atom stereocenters.